The van der Waals surface area contributed by atoms with Gasteiger partial charge in [-0.05, 0) is 40.8 Å². The predicted octanol–water partition coefficient (Wildman–Crippen LogP) is 4.45. The van der Waals surface area contributed by atoms with Crippen LogP contribution in [0, 0.1) is 6.92 Å². The van der Waals surface area contributed by atoms with E-state index in [0.717, 1.165) is 22.3 Å². The molecule has 6 nitrogen and oxygen atoms in total. The quantitative estimate of drug-likeness (QED) is 0.704. The number of benzene rings is 2. The molecule has 6 heteroatoms. The van der Waals surface area contributed by atoms with Gasteiger partial charge in [-0.15, -0.1) is 0 Å². The molecular weight excluding hydrogens is 356 g/mol. The molecule has 2 aromatic carbocycles. The Morgan fingerprint density at radius 3 is 2.29 bits per heavy atom. The summed E-state index contributed by atoms with van der Waals surface area (Å²) in [5, 5.41) is 11.7. The highest BCUT2D eigenvalue weighted by Crippen LogP contribution is 2.44. The Bertz CT molecular complexity index is 1030. The van der Waals surface area contributed by atoms with Crippen molar-refractivity contribution in [3.63, 3.8) is 0 Å². The predicted molar refractivity (Wildman–Crippen MR) is 105 cm³/mol. The highest BCUT2D eigenvalue weighted by molar-refractivity contribution is 5.97. The van der Waals surface area contributed by atoms with Crippen molar-refractivity contribution in [2.24, 2.45) is 0 Å². The number of carboxylic acid groups (broad SMARTS) is 1. The average molecular weight is 374 g/mol. The number of rotatable bonds is 4. The number of aryl methyl sites for hydroxylation is 1. The summed E-state index contributed by atoms with van der Waals surface area (Å²) < 4.78 is 5.43. The number of hydrogen-bond acceptors (Lipinski definition) is 4. The zero-order valence-electron chi connectivity index (χ0n) is 15.2. The zero-order valence-corrected chi connectivity index (χ0v) is 15.2. The second-order valence-electron chi connectivity index (χ2n) is 6.66. The number of carbonyl (C=O) groups is 2. The lowest BCUT2D eigenvalue weighted by molar-refractivity contribution is 0.0697. The molecule has 0 spiro atoms. The van der Waals surface area contributed by atoms with Gasteiger partial charge in [0.2, 0.25) is 0 Å². The number of amides is 1. The number of fused-ring (bicyclic) bond motifs is 3. The number of aromatic nitrogens is 1. The number of pyridine rings is 1. The summed E-state index contributed by atoms with van der Waals surface area (Å²) in [4.78, 5) is 27.6. The van der Waals surface area contributed by atoms with E-state index in [1.54, 1.807) is 6.92 Å². The number of ether oxygens (including phenoxy) is 1. The van der Waals surface area contributed by atoms with E-state index >= 15 is 0 Å². The van der Waals surface area contributed by atoms with Crippen molar-refractivity contribution in [3.05, 3.63) is 83.0 Å². The van der Waals surface area contributed by atoms with Gasteiger partial charge in [0.25, 0.3) is 0 Å². The summed E-state index contributed by atoms with van der Waals surface area (Å²) in [6.45, 7) is 1.88. The van der Waals surface area contributed by atoms with Gasteiger partial charge in [-0.3, -0.25) is 5.32 Å². The van der Waals surface area contributed by atoms with Crippen LogP contribution in [-0.2, 0) is 4.74 Å². The summed E-state index contributed by atoms with van der Waals surface area (Å²) in [6.07, 6.45) is 0.756. The Labute approximate surface area is 161 Å². The Hall–Kier alpha value is -3.67. The highest BCUT2D eigenvalue weighted by Gasteiger charge is 2.29. The van der Waals surface area contributed by atoms with Crippen LogP contribution in [0.2, 0.25) is 0 Å². The molecule has 0 saturated heterocycles. The second kappa shape index (κ2) is 7.15. The van der Waals surface area contributed by atoms with Gasteiger partial charge in [-0.25, -0.2) is 14.6 Å². The maximum atomic E-state index is 12.3. The Morgan fingerprint density at radius 1 is 1.07 bits per heavy atom. The maximum absolute atomic E-state index is 12.3. The van der Waals surface area contributed by atoms with Gasteiger partial charge in [-0.1, -0.05) is 48.5 Å². The van der Waals surface area contributed by atoms with Crippen LogP contribution >= 0.6 is 0 Å². The molecule has 1 aliphatic rings. The van der Waals surface area contributed by atoms with E-state index in [0.29, 0.717) is 5.56 Å². The number of anilines is 1. The highest BCUT2D eigenvalue weighted by atomic mass is 16.5. The van der Waals surface area contributed by atoms with Crippen LogP contribution in [0.25, 0.3) is 11.1 Å². The Kier molecular flexibility index (Phi) is 4.53. The fourth-order valence-corrected chi connectivity index (χ4v) is 3.56. The minimum atomic E-state index is -1.16. The Balaban J connectivity index is 1.51. The third-order valence-corrected chi connectivity index (χ3v) is 4.82. The van der Waals surface area contributed by atoms with Gasteiger partial charge in [-0.2, -0.15) is 0 Å². The summed E-state index contributed by atoms with van der Waals surface area (Å²) in [6, 6.07) is 17.5. The monoisotopic (exact) mass is 374 g/mol. The minimum Gasteiger partial charge on any atom is -0.478 e. The third-order valence-electron chi connectivity index (χ3n) is 4.82. The van der Waals surface area contributed by atoms with Crippen molar-refractivity contribution in [1.82, 2.24) is 4.98 Å². The molecule has 2 N–H and O–H groups in total. The standard InChI is InChI=1S/C22H18N2O4/c1-13-10-18(21(25)26)20(23-11-13)24-22(27)28-12-19-16-8-4-2-6-14(16)15-7-3-5-9-17(15)19/h2-11,19H,12H2,1H3,(H,25,26)(H,23,24,27). The number of hydrogen-bond donors (Lipinski definition) is 2. The smallest absolute Gasteiger partial charge is 0.412 e. The van der Waals surface area contributed by atoms with Gasteiger partial charge in [0.05, 0.1) is 0 Å². The molecule has 0 saturated carbocycles. The minimum absolute atomic E-state index is 0.0321. The van der Waals surface area contributed by atoms with E-state index in [4.69, 9.17) is 4.74 Å². The van der Waals surface area contributed by atoms with Crippen LogP contribution in [0.4, 0.5) is 10.6 Å². The molecule has 1 aliphatic carbocycles. The molecule has 0 unspecified atom stereocenters. The first-order chi connectivity index (χ1) is 13.5. The molecule has 140 valence electrons. The number of carboxylic acids is 1. The van der Waals surface area contributed by atoms with Gasteiger partial charge in [0.15, 0.2) is 0 Å². The van der Waals surface area contributed by atoms with E-state index in [2.05, 4.69) is 22.4 Å². The Morgan fingerprint density at radius 2 is 1.68 bits per heavy atom. The van der Waals surface area contributed by atoms with Crippen molar-refractivity contribution in [1.29, 1.82) is 0 Å². The molecule has 3 aromatic rings. The van der Waals surface area contributed by atoms with Crippen LogP contribution in [0.1, 0.15) is 33.0 Å². The van der Waals surface area contributed by atoms with Crippen LogP contribution in [0.5, 0.6) is 0 Å². The van der Waals surface area contributed by atoms with Gasteiger partial charge in [0.1, 0.15) is 18.0 Å². The number of nitrogens with one attached hydrogen (secondary N) is 1. The van der Waals surface area contributed by atoms with Crippen LogP contribution in [0.3, 0.4) is 0 Å². The van der Waals surface area contributed by atoms with Crippen molar-refractivity contribution >= 4 is 17.9 Å². The third kappa shape index (κ3) is 3.20. The number of aromatic carboxylic acids is 1. The maximum Gasteiger partial charge on any atom is 0.412 e. The molecule has 0 aliphatic heterocycles. The fourth-order valence-electron chi connectivity index (χ4n) is 3.56. The van der Waals surface area contributed by atoms with E-state index in [9.17, 15) is 14.7 Å². The molecule has 1 heterocycles. The first-order valence-electron chi connectivity index (χ1n) is 8.86. The van der Waals surface area contributed by atoms with Gasteiger partial charge in [0, 0.05) is 12.1 Å². The fraction of sp³-hybridized carbons (Fsp3) is 0.136. The molecule has 4 rings (SSSR count). The summed E-state index contributed by atoms with van der Waals surface area (Å²) in [5.41, 5.74) is 5.11. The van der Waals surface area contributed by atoms with Gasteiger partial charge >= 0.3 is 12.1 Å². The largest absolute Gasteiger partial charge is 0.478 e. The molecular formula is C22H18N2O4. The zero-order chi connectivity index (χ0) is 19.7. The second-order valence-corrected chi connectivity index (χ2v) is 6.66. The number of nitrogens with zero attached hydrogens (tertiary/aromatic N) is 1. The first-order valence-corrected chi connectivity index (χ1v) is 8.86. The normalized spacial score (nSPS) is 12.2. The molecule has 0 bridgehead atoms. The lowest BCUT2D eigenvalue weighted by Crippen LogP contribution is -2.20. The lowest BCUT2D eigenvalue weighted by Gasteiger charge is -2.15. The molecule has 1 amide bonds. The van der Waals surface area contributed by atoms with Crippen LogP contribution < -0.4 is 5.32 Å². The van der Waals surface area contributed by atoms with E-state index in [1.807, 2.05) is 36.4 Å². The molecule has 28 heavy (non-hydrogen) atoms. The summed E-state index contributed by atoms with van der Waals surface area (Å²) >= 11 is 0. The summed E-state index contributed by atoms with van der Waals surface area (Å²) in [5.74, 6) is -1.26. The first kappa shape index (κ1) is 17.7. The molecule has 0 radical (unpaired) electrons. The van der Waals surface area contributed by atoms with Crippen LogP contribution in [-0.4, -0.2) is 28.8 Å². The van der Waals surface area contributed by atoms with E-state index in [1.165, 1.54) is 12.3 Å². The topological polar surface area (TPSA) is 88.5 Å². The molecule has 1 aromatic heterocycles. The van der Waals surface area contributed by atoms with Crippen LogP contribution in [0.15, 0.2) is 60.8 Å². The average Bonchev–Trinajstić information content (AvgIpc) is 3.01. The van der Waals surface area contributed by atoms with Crippen molar-refractivity contribution < 1.29 is 19.4 Å². The van der Waals surface area contributed by atoms with E-state index in [-0.39, 0.29) is 23.9 Å². The summed E-state index contributed by atoms with van der Waals surface area (Å²) in [7, 11) is 0. The molecule has 0 fully saturated rings. The lowest BCUT2D eigenvalue weighted by atomic mass is 9.98. The van der Waals surface area contributed by atoms with Crippen molar-refractivity contribution in [2.75, 3.05) is 11.9 Å². The van der Waals surface area contributed by atoms with Gasteiger partial charge < -0.3 is 9.84 Å². The van der Waals surface area contributed by atoms with Crippen molar-refractivity contribution in [3.8, 4) is 11.1 Å². The van der Waals surface area contributed by atoms with E-state index < -0.39 is 12.1 Å². The van der Waals surface area contributed by atoms with Crippen molar-refractivity contribution in [2.45, 2.75) is 12.8 Å². The SMILES string of the molecule is Cc1cnc(NC(=O)OCC2c3ccccc3-c3ccccc32)c(C(=O)O)c1. The molecule has 0 atom stereocenters. The number of carbonyl (C=O) groups excluding carboxylic acids is 1.